The molecule has 26 heavy (non-hydrogen) atoms. The van der Waals surface area contributed by atoms with Gasteiger partial charge in [-0.2, -0.15) is 0 Å². The van der Waals surface area contributed by atoms with E-state index >= 15 is 0 Å². The molecule has 0 saturated heterocycles. The van der Waals surface area contributed by atoms with Crippen LogP contribution in [-0.2, 0) is 11.3 Å². The minimum absolute atomic E-state index is 0.236. The van der Waals surface area contributed by atoms with Gasteiger partial charge < -0.3 is 19.3 Å². The smallest absolute Gasteiger partial charge is 0.261 e. The second kappa shape index (κ2) is 6.82. The van der Waals surface area contributed by atoms with Crippen molar-refractivity contribution in [1.82, 2.24) is 5.16 Å². The second-order valence-electron chi connectivity index (χ2n) is 5.83. The zero-order valence-electron chi connectivity index (χ0n) is 13.9. The van der Waals surface area contributed by atoms with Crippen LogP contribution in [0.25, 0.3) is 11.3 Å². The number of rotatable bonds is 3. The van der Waals surface area contributed by atoms with Gasteiger partial charge in [0.2, 0.25) is 0 Å². The van der Waals surface area contributed by atoms with Gasteiger partial charge in [0.25, 0.3) is 5.91 Å². The van der Waals surface area contributed by atoms with Gasteiger partial charge in [0.15, 0.2) is 6.79 Å². The van der Waals surface area contributed by atoms with Crippen LogP contribution >= 0.6 is 11.6 Å². The molecule has 132 valence electrons. The summed E-state index contributed by atoms with van der Waals surface area (Å²) in [5.74, 6) is 0.852. The highest BCUT2D eigenvalue weighted by Gasteiger charge is 2.23. The summed E-state index contributed by atoms with van der Waals surface area (Å²) in [5.41, 5.74) is 2.91. The number of carbonyl (C=O) groups is 1. The van der Waals surface area contributed by atoms with Crippen molar-refractivity contribution in [3.05, 3.63) is 64.4 Å². The van der Waals surface area contributed by atoms with E-state index in [1.807, 2.05) is 24.3 Å². The maximum atomic E-state index is 12.9. The number of nitrogens with one attached hydrogen (secondary N) is 1. The molecule has 6 nitrogen and oxygen atoms in total. The van der Waals surface area contributed by atoms with Gasteiger partial charge in [-0.3, -0.25) is 4.79 Å². The monoisotopic (exact) mass is 370 g/mol. The van der Waals surface area contributed by atoms with Gasteiger partial charge in [-0.05, 0) is 31.2 Å². The lowest BCUT2D eigenvalue weighted by Crippen LogP contribution is -2.15. The predicted octanol–water partition coefficient (Wildman–Crippen LogP) is 4.42. The number of benzene rings is 2. The Hall–Kier alpha value is -2.83. The van der Waals surface area contributed by atoms with Crippen molar-refractivity contribution in [3.8, 4) is 17.0 Å². The van der Waals surface area contributed by atoms with E-state index in [1.54, 1.807) is 25.1 Å². The highest BCUT2D eigenvalue weighted by Crippen LogP contribution is 2.32. The van der Waals surface area contributed by atoms with Crippen LogP contribution in [0.4, 0.5) is 5.69 Å². The van der Waals surface area contributed by atoms with E-state index in [0.29, 0.717) is 39.9 Å². The van der Waals surface area contributed by atoms with E-state index < -0.39 is 0 Å². The van der Waals surface area contributed by atoms with Crippen molar-refractivity contribution in [2.24, 2.45) is 0 Å². The first-order chi connectivity index (χ1) is 12.6. The van der Waals surface area contributed by atoms with Crippen molar-refractivity contribution in [1.29, 1.82) is 0 Å². The van der Waals surface area contributed by atoms with Crippen LogP contribution in [0, 0.1) is 6.92 Å². The Balaban J connectivity index is 1.65. The van der Waals surface area contributed by atoms with E-state index in [2.05, 4.69) is 10.5 Å². The first-order valence-corrected chi connectivity index (χ1v) is 8.37. The Morgan fingerprint density at radius 3 is 2.92 bits per heavy atom. The minimum Gasteiger partial charge on any atom is -0.467 e. The molecule has 0 bridgehead atoms. The fraction of sp³-hybridized carbons (Fsp3) is 0.158. The third-order valence-corrected chi connectivity index (χ3v) is 4.42. The summed E-state index contributed by atoms with van der Waals surface area (Å²) in [5, 5.41) is 7.39. The van der Waals surface area contributed by atoms with Crippen LogP contribution in [-0.4, -0.2) is 17.9 Å². The zero-order chi connectivity index (χ0) is 18.1. The molecule has 1 aromatic heterocycles. The van der Waals surface area contributed by atoms with Crippen LogP contribution in [0.5, 0.6) is 5.75 Å². The molecule has 1 aliphatic heterocycles. The zero-order valence-corrected chi connectivity index (χ0v) is 14.7. The fourth-order valence-electron chi connectivity index (χ4n) is 2.84. The molecule has 0 unspecified atom stereocenters. The molecule has 0 radical (unpaired) electrons. The number of ether oxygens (including phenoxy) is 2. The highest BCUT2D eigenvalue weighted by molar-refractivity contribution is 6.33. The summed E-state index contributed by atoms with van der Waals surface area (Å²) < 4.78 is 15.9. The minimum atomic E-state index is -0.323. The second-order valence-corrected chi connectivity index (χ2v) is 6.24. The van der Waals surface area contributed by atoms with Crippen LogP contribution in [0.1, 0.15) is 21.7 Å². The standard InChI is InChI=1S/C19H15ClN2O4/c1-11-17(18(22-26-11)14-4-2-3-5-15(14)20)19(23)21-13-6-7-16-12(8-13)9-24-10-25-16/h2-8H,9-10H2,1H3,(H,21,23). The number of halogens is 1. The van der Waals surface area contributed by atoms with Gasteiger partial charge in [-0.15, -0.1) is 0 Å². The van der Waals surface area contributed by atoms with Crippen molar-refractivity contribution >= 4 is 23.2 Å². The number of aryl methyl sites for hydroxylation is 1. The molecule has 1 amide bonds. The molecular formula is C19H15ClN2O4. The normalized spacial score (nSPS) is 13.0. The van der Waals surface area contributed by atoms with E-state index in [-0.39, 0.29) is 12.7 Å². The molecular weight excluding hydrogens is 356 g/mol. The van der Waals surface area contributed by atoms with E-state index in [0.717, 1.165) is 11.3 Å². The molecule has 4 rings (SSSR count). The lowest BCUT2D eigenvalue weighted by atomic mass is 10.1. The molecule has 2 heterocycles. The first kappa shape index (κ1) is 16.6. The van der Waals surface area contributed by atoms with Crippen LogP contribution in [0.2, 0.25) is 5.02 Å². The summed E-state index contributed by atoms with van der Waals surface area (Å²) >= 11 is 6.24. The van der Waals surface area contributed by atoms with E-state index in [9.17, 15) is 4.79 Å². The number of anilines is 1. The molecule has 1 aliphatic rings. The number of nitrogens with zero attached hydrogens (tertiary/aromatic N) is 1. The Morgan fingerprint density at radius 1 is 1.23 bits per heavy atom. The number of aromatic nitrogens is 1. The van der Waals surface area contributed by atoms with Gasteiger partial charge in [0.05, 0.1) is 11.6 Å². The number of hydrogen-bond donors (Lipinski definition) is 1. The lowest BCUT2D eigenvalue weighted by molar-refractivity contribution is -0.0163. The number of amides is 1. The Labute approximate surface area is 154 Å². The highest BCUT2D eigenvalue weighted by atomic mass is 35.5. The number of hydrogen-bond acceptors (Lipinski definition) is 5. The van der Waals surface area contributed by atoms with Crippen molar-refractivity contribution in [3.63, 3.8) is 0 Å². The van der Waals surface area contributed by atoms with Gasteiger partial charge >= 0.3 is 0 Å². The molecule has 1 N–H and O–H groups in total. The molecule has 0 spiro atoms. The van der Waals surface area contributed by atoms with Crippen molar-refractivity contribution in [2.45, 2.75) is 13.5 Å². The summed E-state index contributed by atoms with van der Waals surface area (Å²) in [6, 6.07) is 12.6. The number of carbonyl (C=O) groups excluding carboxylic acids is 1. The van der Waals surface area contributed by atoms with Gasteiger partial charge in [-0.25, -0.2) is 0 Å². The van der Waals surface area contributed by atoms with E-state index in [4.69, 9.17) is 25.6 Å². The van der Waals surface area contributed by atoms with Gasteiger partial charge in [-0.1, -0.05) is 35.0 Å². The molecule has 0 fully saturated rings. The number of fused-ring (bicyclic) bond motifs is 1. The molecule has 0 saturated carbocycles. The van der Waals surface area contributed by atoms with Crippen LogP contribution in [0.3, 0.4) is 0 Å². The molecule has 2 aromatic carbocycles. The topological polar surface area (TPSA) is 73.6 Å². The summed E-state index contributed by atoms with van der Waals surface area (Å²) in [6.07, 6.45) is 0. The Morgan fingerprint density at radius 2 is 2.08 bits per heavy atom. The summed E-state index contributed by atoms with van der Waals surface area (Å²) in [6.45, 7) is 2.37. The average molecular weight is 371 g/mol. The third-order valence-electron chi connectivity index (χ3n) is 4.09. The quantitative estimate of drug-likeness (QED) is 0.738. The van der Waals surface area contributed by atoms with Crippen molar-refractivity contribution in [2.75, 3.05) is 12.1 Å². The summed E-state index contributed by atoms with van der Waals surface area (Å²) in [7, 11) is 0. The van der Waals surface area contributed by atoms with Gasteiger partial charge in [0.1, 0.15) is 22.8 Å². The largest absolute Gasteiger partial charge is 0.467 e. The SMILES string of the molecule is Cc1onc(-c2ccccc2Cl)c1C(=O)Nc1ccc2c(c1)COCO2. The molecule has 0 atom stereocenters. The maximum Gasteiger partial charge on any atom is 0.261 e. The third kappa shape index (κ3) is 3.05. The lowest BCUT2D eigenvalue weighted by Gasteiger charge is -2.18. The molecule has 3 aromatic rings. The van der Waals surface area contributed by atoms with Gasteiger partial charge in [0, 0.05) is 16.8 Å². The average Bonchev–Trinajstić information content (AvgIpc) is 3.03. The molecule has 0 aliphatic carbocycles. The van der Waals surface area contributed by atoms with Crippen LogP contribution in [0.15, 0.2) is 47.0 Å². The maximum absolute atomic E-state index is 12.9. The van der Waals surface area contributed by atoms with E-state index in [1.165, 1.54) is 0 Å². The Kier molecular flexibility index (Phi) is 4.36. The van der Waals surface area contributed by atoms with Crippen LogP contribution < -0.4 is 10.1 Å². The fourth-order valence-corrected chi connectivity index (χ4v) is 3.06. The predicted molar refractivity (Wildman–Crippen MR) is 96.4 cm³/mol. The molecule has 7 heteroatoms. The summed E-state index contributed by atoms with van der Waals surface area (Å²) in [4.78, 5) is 12.9. The first-order valence-electron chi connectivity index (χ1n) is 7.99. The Bertz CT molecular complexity index is 983. The van der Waals surface area contributed by atoms with Crippen molar-refractivity contribution < 1.29 is 18.8 Å².